The highest BCUT2D eigenvalue weighted by atomic mass is 32.1. The first-order valence-electron chi connectivity index (χ1n) is 5.35. The molecule has 0 aromatic carbocycles. The number of hydrogen-bond acceptors (Lipinski definition) is 4. The van der Waals surface area contributed by atoms with Crippen molar-refractivity contribution in [3.05, 3.63) is 16.1 Å². The van der Waals surface area contributed by atoms with E-state index < -0.39 is 0 Å². The molecule has 1 heterocycles. The summed E-state index contributed by atoms with van der Waals surface area (Å²) in [5.74, 6) is 0.246. The summed E-state index contributed by atoms with van der Waals surface area (Å²) in [6, 6.07) is 0. The quantitative estimate of drug-likeness (QED) is 0.726. The van der Waals surface area contributed by atoms with Crippen molar-refractivity contribution in [1.82, 2.24) is 4.98 Å². The van der Waals surface area contributed by atoms with Crippen molar-refractivity contribution in [2.75, 3.05) is 7.11 Å². The highest BCUT2D eigenvalue weighted by Gasteiger charge is 2.20. The van der Waals surface area contributed by atoms with E-state index in [2.05, 4.69) is 9.72 Å². The molecule has 1 saturated carbocycles. The van der Waals surface area contributed by atoms with Gasteiger partial charge < -0.3 is 4.74 Å². The van der Waals surface area contributed by atoms with Gasteiger partial charge in [-0.05, 0) is 12.8 Å². The van der Waals surface area contributed by atoms with Crippen molar-refractivity contribution in [1.29, 1.82) is 0 Å². The molecule has 3 nitrogen and oxygen atoms in total. The van der Waals surface area contributed by atoms with Crippen LogP contribution in [0.4, 0.5) is 0 Å². The van der Waals surface area contributed by atoms with E-state index in [0.29, 0.717) is 10.9 Å². The first kappa shape index (κ1) is 10.6. The Bertz CT molecular complexity index is 342. The Labute approximate surface area is 93.5 Å². The van der Waals surface area contributed by atoms with Crippen molar-refractivity contribution < 1.29 is 9.53 Å². The number of ether oxygens (including phenoxy) is 1. The second-order valence-electron chi connectivity index (χ2n) is 3.90. The zero-order valence-corrected chi connectivity index (χ0v) is 9.68. The molecule has 1 fully saturated rings. The number of aromatic nitrogens is 1. The molecule has 0 bridgehead atoms. The van der Waals surface area contributed by atoms with Gasteiger partial charge in [-0.2, -0.15) is 0 Å². The predicted octanol–water partition coefficient (Wildman–Crippen LogP) is 2.98. The monoisotopic (exact) mass is 225 g/mol. The standard InChI is InChI=1S/C11H15NO2S/c1-14-11(13)10-12-9(7-15-10)8-5-3-2-4-6-8/h7-8H,2-6H2,1H3. The largest absolute Gasteiger partial charge is 0.464 e. The second kappa shape index (κ2) is 4.75. The molecular formula is C11H15NO2S. The fourth-order valence-corrected chi connectivity index (χ4v) is 2.87. The molecule has 0 saturated heterocycles. The van der Waals surface area contributed by atoms with Gasteiger partial charge in [0.2, 0.25) is 5.01 Å². The van der Waals surface area contributed by atoms with Crippen molar-refractivity contribution >= 4 is 17.3 Å². The Hall–Kier alpha value is -0.900. The van der Waals surface area contributed by atoms with E-state index in [1.165, 1.54) is 50.6 Å². The van der Waals surface area contributed by atoms with Gasteiger partial charge in [-0.15, -0.1) is 11.3 Å². The zero-order valence-electron chi connectivity index (χ0n) is 8.86. The minimum absolute atomic E-state index is 0.318. The fraction of sp³-hybridized carbons (Fsp3) is 0.636. The van der Waals surface area contributed by atoms with E-state index >= 15 is 0 Å². The Balaban J connectivity index is 2.08. The van der Waals surface area contributed by atoms with Gasteiger partial charge in [0, 0.05) is 11.3 Å². The lowest BCUT2D eigenvalue weighted by Gasteiger charge is -2.19. The molecule has 1 aromatic heterocycles. The molecule has 0 amide bonds. The third kappa shape index (κ3) is 2.37. The van der Waals surface area contributed by atoms with Gasteiger partial charge in [-0.3, -0.25) is 0 Å². The average Bonchev–Trinajstić information content (AvgIpc) is 2.78. The number of esters is 1. The summed E-state index contributed by atoms with van der Waals surface area (Å²) in [4.78, 5) is 15.6. The van der Waals surface area contributed by atoms with Gasteiger partial charge in [0.05, 0.1) is 12.8 Å². The topological polar surface area (TPSA) is 39.2 Å². The minimum atomic E-state index is -0.318. The first-order valence-corrected chi connectivity index (χ1v) is 6.23. The maximum Gasteiger partial charge on any atom is 0.367 e. The van der Waals surface area contributed by atoms with E-state index in [1.54, 1.807) is 0 Å². The van der Waals surface area contributed by atoms with Crippen molar-refractivity contribution in [3.8, 4) is 0 Å². The van der Waals surface area contributed by atoms with Crippen LogP contribution >= 0.6 is 11.3 Å². The Morgan fingerprint density at radius 3 is 2.87 bits per heavy atom. The van der Waals surface area contributed by atoms with Gasteiger partial charge in [0.15, 0.2) is 0 Å². The summed E-state index contributed by atoms with van der Waals surface area (Å²) in [7, 11) is 1.39. The molecule has 1 aliphatic carbocycles. The molecule has 0 unspecified atom stereocenters. The molecule has 0 N–H and O–H groups in total. The summed E-state index contributed by atoms with van der Waals surface area (Å²) < 4.78 is 4.65. The van der Waals surface area contributed by atoms with Gasteiger partial charge >= 0.3 is 5.97 Å². The Kier molecular flexibility index (Phi) is 3.36. The third-order valence-electron chi connectivity index (χ3n) is 2.91. The van der Waals surface area contributed by atoms with E-state index in [9.17, 15) is 4.79 Å². The normalized spacial score (nSPS) is 17.7. The van der Waals surface area contributed by atoms with E-state index in [1.807, 2.05) is 5.38 Å². The van der Waals surface area contributed by atoms with E-state index in [4.69, 9.17) is 0 Å². The molecule has 15 heavy (non-hydrogen) atoms. The molecule has 1 aromatic rings. The van der Waals surface area contributed by atoms with Crippen LogP contribution < -0.4 is 0 Å². The molecule has 0 atom stereocenters. The van der Waals surface area contributed by atoms with Crippen LogP contribution in [0.1, 0.15) is 53.5 Å². The summed E-state index contributed by atoms with van der Waals surface area (Å²) in [6.07, 6.45) is 6.34. The van der Waals surface area contributed by atoms with Crippen LogP contribution in [0.15, 0.2) is 5.38 Å². The molecule has 0 spiro atoms. The number of carbonyl (C=O) groups excluding carboxylic acids is 1. The molecule has 0 radical (unpaired) electrons. The zero-order chi connectivity index (χ0) is 10.7. The number of methoxy groups -OCH3 is 1. The highest BCUT2D eigenvalue weighted by Crippen LogP contribution is 2.33. The van der Waals surface area contributed by atoms with Crippen LogP contribution in [-0.4, -0.2) is 18.1 Å². The van der Waals surface area contributed by atoms with Crippen molar-refractivity contribution in [2.24, 2.45) is 0 Å². The first-order chi connectivity index (χ1) is 7.31. The van der Waals surface area contributed by atoms with E-state index in [0.717, 1.165) is 5.69 Å². The summed E-state index contributed by atoms with van der Waals surface area (Å²) in [5, 5.41) is 2.49. The minimum Gasteiger partial charge on any atom is -0.464 e. The van der Waals surface area contributed by atoms with Crippen LogP contribution in [0.25, 0.3) is 0 Å². The lowest BCUT2D eigenvalue weighted by atomic mass is 9.87. The van der Waals surface area contributed by atoms with Gasteiger partial charge in [0.1, 0.15) is 0 Å². The Morgan fingerprint density at radius 1 is 1.47 bits per heavy atom. The number of hydrogen-bond donors (Lipinski definition) is 0. The van der Waals surface area contributed by atoms with Crippen molar-refractivity contribution in [2.45, 2.75) is 38.0 Å². The fourth-order valence-electron chi connectivity index (χ4n) is 2.05. The third-order valence-corrected chi connectivity index (χ3v) is 3.75. The molecule has 82 valence electrons. The average molecular weight is 225 g/mol. The van der Waals surface area contributed by atoms with Crippen LogP contribution in [0, 0.1) is 0 Å². The number of thiazole rings is 1. The maximum atomic E-state index is 11.2. The van der Waals surface area contributed by atoms with Crippen molar-refractivity contribution in [3.63, 3.8) is 0 Å². The lowest BCUT2D eigenvalue weighted by molar-refractivity contribution is 0.0600. The number of carbonyl (C=O) groups is 1. The molecule has 2 rings (SSSR count). The molecule has 1 aliphatic rings. The predicted molar refractivity (Wildman–Crippen MR) is 59.3 cm³/mol. The molecule has 0 aliphatic heterocycles. The Morgan fingerprint density at radius 2 is 2.20 bits per heavy atom. The van der Waals surface area contributed by atoms with Gasteiger partial charge in [-0.25, -0.2) is 9.78 Å². The molecular weight excluding hydrogens is 210 g/mol. The van der Waals surface area contributed by atoms with Crippen LogP contribution in [0.3, 0.4) is 0 Å². The molecule has 4 heteroatoms. The van der Waals surface area contributed by atoms with Gasteiger partial charge in [0.25, 0.3) is 0 Å². The van der Waals surface area contributed by atoms with Crippen LogP contribution in [0.2, 0.25) is 0 Å². The van der Waals surface area contributed by atoms with Crippen LogP contribution in [0.5, 0.6) is 0 Å². The summed E-state index contributed by atoms with van der Waals surface area (Å²) in [5.41, 5.74) is 1.08. The second-order valence-corrected chi connectivity index (χ2v) is 4.76. The SMILES string of the molecule is COC(=O)c1nc(C2CCCCC2)cs1. The van der Waals surface area contributed by atoms with E-state index in [-0.39, 0.29) is 5.97 Å². The van der Waals surface area contributed by atoms with Gasteiger partial charge in [-0.1, -0.05) is 19.3 Å². The number of rotatable bonds is 2. The smallest absolute Gasteiger partial charge is 0.367 e. The highest BCUT2D eigenvalue weighted by molar-refractivity contribution is 7.11. The van der Waals surface area contributed by atoms with Crippen LogP contribution in [-0.2, 0) is 4.74 Å². The lowest BCUT2D eigenvalue weighted by Crippen LogP contribution is -2.06. The summed E-state index contributed by atoms with van der Waals surface area (Å²) in [6.45, 7) is 0. The maximum absolute atomic E-state index is 11.2. The number of nitrogens with zero attached hydrogens (tertiary/aromatic N) is 1. The summed E-state index contributed by atoms with van der Waals surface area (Å²) >= 11 is 1.39.